The van der Waals surface area contributed by atoms with Gasteiger partial charge in [-0.1, -0.05) is 24.3 Å². The highest BCUT2D eigenvalue weighted by Gasteiger charge is 2.33. The molecule has 0 bridgehead atoms. The van der Waals surface area contributed by atoms with E-state index in [1.165, 1.54) is 12.1 Å². The zero-order valence-corrected chi connectivity index (χ0v) is 17.9. The van der Waals surface area contributed by atoms with Gasteiger partial charge >= 0.3 is 6.03 Å². The van der Waals surface area contributed by atoms with E-state index in [0.717, 1.165) is 25.1 Å². The number of halogens is 2. The maximum atomic E-state index is 13.1. The number of likely N-dealkylation sites (N-methyl/N-ethyl adjacent to an activating group) is 1. The summed E-state index contributed by atoms with van der Waals surface area (Å²) in [5.74, 6) is 0.446. The Morgan fingerprint density at radius 2 is 1.90 bits per heavy atom. The van der Waals surface area contributed by atoms with Crippen LogP contribution >= 0.6 is 0 Å². The molecule has 30 heavy (non-hydrogen) atoms. The van der Waals surface area contributed by atoms with Crippen LogP contribution in [0.4, 0.5) is 13.6 Å². The third-order valence-electron chi connectivity index (χ3n) is 6.00. The van der Waals surface area contributed by atoms with E-state index in [-0.39, 0.29) is 17.5 Å². The molecule has 1 aromatic rings. The fourth-order valence-electron chi connectivity index (χ4n) is 4.38. The standard InChI is InChI=1S/C22H33F2N3O3/c1-25(7-10-29-2)14-17-13-20(18-3-5-19(6-4-18)21(23)24)16-27(15-17)22(28)26-8-11-30-12-9-26/h3-6,17,20-21H,7-16H2,1-2H3. The summed E-state index contributed by atoms with van der Waals surface area (Å²) in [4.78, 5) is 19.2. The quantitative estimate of drug-likeness (QED) is 0.674. The van der Waals surface area contributed by atoms with E-state index in [0.29, 0.717) is 51.9 Å². The lowest BCUT2D eigenvalue weighted by molar-refractivity contribution is 0.0361. The van der Waals surface area contributed by atoms with Crippen molar-refractivity contribution < 1.29 is 23.0 Å². The summed E-state index contributed by atoms with van der Waals surface area (Å²) < 4.78 is 36.4. The van der Waals surface area contributed by atoms with Gasteiger partial charge in [-0.2, -0.15) is 0 Å². The van der Waals surface area contributed by atoms with Gasteiger partial charge in [-0.05, 0) is 24.9 Å². The van der Waals surface area contributed by atoms with Gasteiger partial charge in [0.25, 0.3) is 6.43 Å². The van der Waals surface area contributed by atoms with Crippen LogP contribution in [0.3, 0.4) is 0 Å². The van der Waals surface area contributed by atoms with Crippen molar-refractivity contribution in [1.29, 1.82) is 0 Å². The van der Waals surface area contributed by atoms with Crippen molar-refractivity contribution in [2.45, 2.75) is 18.8 Å². The van der Waals surface area contributed by atoms with Crippen LogP contribution < -0.4 is 0 Å². The lowest BCUT2D eigenvalue weighted by Crippen LogP contribution is -2.53. The molecule has 8 heteroatoms. The SMILES string of the molecule is COCCN(C)CC1CC(c2ccc(C(F)F)cc2)CN(C(=O)N2CCOCC2)C1. The van der Waals surface area contributed by atoms with Crippen LogP contribution in [0.25, 0.3) is 0 Å². The second-order valence-electron chi connectivity index (χ2n) is 8.31. The summed E-state index contributed by atoms with van der Waals surface area (Å²) in [6.45, 7) is 6.05. The monoisotopic (exact) mass is 425 g/mol. The number of nitrogens with zero attached hydrogens (tertiary/aromatic N) is 3. The van der Waals surface area contributed by atoms with E-state index in [1.54, 1.807) is 19.2 Å². The molecule has 0 N–H and O–H groups in total. The first-order chi connectivity index (χ1) is 14.5. The number of carbonyl (C=O) groups excluding carboxylic acids is 1. The van der Waals surface area contributed by atoms with Crippen molar-refractivity contribution in [2.24, 2.45) is 5.92 Å². The van der Waals surface area contributed by atoms with Gasteiger partial charge in [-0.15, -0.1) is 0 Å². The van der Waals surface area contributed by atoms with E-state index in [2.05, 4.69) is 11.9 Å². The van der Waals surface area contributed by atoms with Gasteiger partial charge in [0.1, 0.15) is 0 Å². The molecule has 2 amide bonds. The average Bonchev–Trinajstić information content (AvgIpc) is 2.77. The zero-order chi connectivity index (χ0) is 21.5. The smallest absolute Gasteiger partial charge is 0.320 e. The highest BCUT2D eigenvalue weighted by atomic mass is 19.3. The molecule has 0 aliphatic carbocycles. The Morgan fingerprint density at radius 1 is 1.20 bits per heavy atom. The summed E-state index contributed by atoms with van der Waals surface area (Å²) in [7, 11) is 3.75. The summed E-state index contributed by atoms with van der Waals surface area (Å²) in [6, 6.07) is 6.64. The molecule has 2 aliphatic rings. The maximum absolute atomic E-state index is 13.1. The highest BCUT2D eigenvalue weighted by Crippen LogP contribution is 2.32. The minimum absolute atomic E-state index is 0.0339. The first-order valence-electron chi connectivity index (χ1n) is 10.6. The Morgan fingerprint density at radius 3 is 2.53 bits per heavy atom. The number of amides is 2. The van der Waals surface area contributed by atoms with E-state index in [4.69, 9.17) is 9.47 Å². The minimum Gasteiger partial charge on any atom is -0.383 e. The number of hydrogen-bond acceptors (Lipinski definition) is 4. The Bertz CT molecular complexity index is 668. The van der Waals surface area contributed by atoms with E-state index < -0.39 is 6.43 Å². The number of piperidine rings is 1. The van der Waals surface area contributed by atoms with Gasteiger partial charge in [0.15, 0.2) is 0 Å². The first-order valence-corrected chi connectivity index (χ1v) is 10.6. The van der Waals surface area contributed by atoms with Gasteiger partial charge in [0, 0.05) is 57.9 Å². The van der Waals surface area contributed by atoms with Crippen molar-refractivity contribution >= 4 is 6.03 Å². The van der Waals surface area contributed by atoms with Crippen molar-refractivity contribution in [2.75, 3.05) is 73.2 Å². The molecule has 0 saturated carbocycles. The van der Waals surface area contributed by atoms with Crippen molar-refractivity contribution in [1.82, 2.24) is 14.7 Å². The molecule has 6 nitrogen and oxygen atoms in total. The maximum Gasteiger partial charge on any atom is 0.320 e. The molecule has 2 heterocycles. The summed E-state index contributed by atoms with van der Waals surface area (Å²) in [5, 5.41) is 0. The summed E-state index contributed by atoms with van der Waals surface area (Å²) in [5.41, 5.74) is 1.05. The summed E-state index contributed by atoms with van der Waals surface area (Å²) in [6.07, 6.45) is -1.54. The number of hydrogen-bond donors (Lipinski definition) is 0. The molecule has 0 radical (unpaired) electrons. The predicted octanol–water partition coefficient (Wildman–Crippen LogP) is 3.06. The number of methoxy groups -OCH3 is 1. The summed E-state index contributed by atoms with van der Waals surface area (Å²) >= 11 is 0. The van der Waals surface area contributed by atoms with E-state index >= 15 is 0 Å². The Balaban J connectivity index is 1.72. The van der Waals surface area contributed by atoms with Gasteiger partial charge < -0.3 is 24.2 Å². The molecule has 3 rings (SSSR count). The number of carbonyl (C=O) groups is 1. The number of rotatable bonds is 7. The largest absolute Gasteiger partial charge is 0.383 e. The number of ether oxygens (including phenoxy) is 2. The fraction of sp³-hybridized carbons (Fsp3) is 0.682. The lowest BCUT2D eigenvalue weighted by Gasteiger charge is -2.42. The molecule has 0 spiro atoms. The van der Waals surface area contributed by atoms with E-state index in [1.807, 2.05) is 9.80 Å². The molecular weight excluding hydrogens is 392 g/mol. The number of alkyl halides is 2. The van der Waals surface area contributed by atoms with Crippen LogP contribution in [-0.2, 0) is 9.47 Å². The molecule has 2 atom stereocenters. The van der Waals surface area contributed by atoms with Crippen LogP contribution in [-0.4, -0.2) is 94.0 Å². The van der Waals surface area contributed by atoms with E-state index in [9.17, 15) is 13.6 Å². The lowest BCUT2D eigenvalue weighted by atomic mass is 9.84. The predicted molar refractivity (Wildman–Crippen MR) is 111 cm³/mol. The normalized spacial score (nSPS) is 22.7. The van der Waals surface area contributed by atoms with Crippen molar-refractivity contribution in [3.05, 3.63) is 35.4 Å². The molecule has 2 fully saturated rings. The third-order valence-corrected chi connectivity index (χ3v) is 6.00. The van der Waals surface area contributed by atoms with Crippen LogP contribution in [0.5, 0.6) is 0 Å². The third kappa shape index (κ3) is 6.12. The van der Waals surface area contributed by atoms with Gasteiger partial charge in [-0.25, -0.2) is 13.6 Å². The number of likely N-dealkylation sites (tertiary alicyclic amines) is 1. The van der Waals surface area contributed by atoms with Crippen LogP contribution in [0, 0.1) is 5.92 Å². The molecule has 1 aromatic carbocycles. The molecular formula is C22H33F2N3O3. The first kappa shape index (κ1) is 22.9. The second-order valence-corrected chi connectivity index (χ2v) is 8.31. The number of benzene rings is 1. The number of morpholine rings is 1. The Labute approximate surface area is 177 Å². The highest BCUT2D eigenvalue weighted by molar-refractivity contribution is 5.74. The van der Waals surface area contributed by atoms with Gasteiger partial charge in [0.2, 0.25) is 0 Å². The minimum atomic E-state index is -2.47. The Kier molecular flexibility index (Phi) is 8.41. The van der Waals surface area contributed by atoms with Gasteiger partial charge in [0.05, 0.1) is 19.8 Å². The van der Waals surface area contributed by atoms with Crippen LogP contribution in [0.2, 0.25) is 0 Å². The molecule has 2 aliphatic heterocycles. The zero-order valence-electron chi connectivity index (χ0n) is 17.9. The van der Waals surface area contributed by atoms with Gasteiger partial charge in [-0.3, -0.25) is 0 Å². The van der Waals surface area contributed by atoms with Crippen LogP contribution in [0.15, 0.2) is 24.3 Å². The Hall–Kier alpha value is -1.77. The molecule has 2 unspecified atom stereocenters. The fourth-order valence-corrected chi connectivity index (χ4v) is 4.38. The van der Waals surface area contributed by atoms with Crippen molar-refractivity contribution in [3.8, 4) is 0 Å². The van der Waals surface area contributed by atoms with Crippen molar-refractivity contribution in [3.63, 3.8) is 0 Å². The average molecular weight is 426 g/mol. The number of urea groups is 1. The van der Waals surface area contributed by atoms with Crippen LogP contribution in [0.1, 0.15) is 29.9 Å². The topological polar surface area (TPSA) is 45.2 Å². The molecule has 0 aromatic heterocycles. The molecule has 2 saturated heterocycles. The molecule has 168 valence electrons. The second kappa shape index (κ2) is 11.0.